The molecular weight excluding hydrogens is 266 g/mol. The van der Waals surface area contributed by atoms with Gasteiger partial charge < -0.3 is 15.4 Å². The number of carbonyl (C=O) groups is 1. The van der Waals surface area contributed by atoms with Crippen LogP contribution in [0.25, 0.3) is 0 Å². The van der Waals surface area contributed by atoms with E-state index in [0.717, 1.165) is 12.8 Å². The average Bonchev–Trinajstić information content (AvgIpc) is 2.91. The fraction of sp³-hybridized carbons (Fsp3) is 0.500. The molecule has 0 unspecified atom stereocenters. The van der Waals surface area contributed by atoms with Crippen molar-refractivity contribution in [3.63, 3.8) is 0 Å². The van der Waals surface area contributed by atoms with Crippen molar-refractivity contribution in [2.24, 2.45) is 0 Å². The molecular formula is C14H18F2N2O2. The Morgan fingerprint density at radius 1 is 1.30 bits per heavy atom. The van der Waals surface area contributed by atoms with E-state index in [0.29, 0.717) is 6.04 Å². The summed E-state index contributed by atoms with van der Waals surface area (Å²) in [5.41, 5.74) is 0.256. The largest absolute Gasteiger partial charge is 0.433 e. The van der Waals surface area contributed by atoms with Crippen LogP contribution in [0.3, 0.4) is 0 Å². The number of carbonyl (C=O) groups excluding carboxylic acids is 1. The summed E-state index contributed by atoms with van der Waals surface area (Å²) in [7, 11) is 0. The fourth-order valence-corrected chi connectivity index (χ4v) is 2.33. The van der Waals surface area contributed by atoms with Gasteiger partial charge in [-0.25, -0.2) is 0 Å². The van der Waals surface area contributed by atoms with Crippen LogP contribution >= 0.6 is 0 Å². The summed E-state index contributed by atoms with van der Waals surface area (Å²) in [6, 6.07) is 6.54. The summed E-state index contributed by atoms with van der Waals surface area (Å²) in [4.78, 5) is 11.8. The number of benzene rings is 1. The van der Waals surface area contributed by atoms with Gasteiger partial charge in [0.2, 0.25) is 5.91 Å². The molecule has 0 aromatic heterocycles. The molecule has 0 spiro atoms. The zero-order chi connectivity index (χ0) is 14.4. The quantitative estimate of drug-likeness (QED) is 0.844. The minimum Gasteiger partial charge on any atom is -0.433 e. The lowest BCUT2D eigenvalue weighted by Crippen LogP contribution is -2.34. The van der Waals surface area contributed by atoms with Crippen LogP contribution in [0.4, 0.5) is 14.5 Å². The molecule has 2 rings (SSSR count). The van der Waals surface area contributed by atoms with Gasteiger partial charge in [0.1, 0.15) is 5.75 Å². The molecule has 1 aliphatic carbocycles. The zero-order valence-electron chi connectivity index (χ0n) is 11.1. The molecule has 20 heavy (non-hydrogen) atoms. The van der Waals surface area contributed by atoms with Gasteiger partial charge in [0.15, 0.2) is 0 Å². The van der Waals surface area contributed by atoms with E-state index in [1.807, 2.05) is 0 Å². The number of rotatable bonds is 6. The fourth-order valence-electron chi connectivity index (χ4n) is 2.33. The Morgan fingerprint density at radius 2 is 2.00 bits per heavy atom. The molecule has 0 saturated heterocycles. The normalized spacial score (nSPS) is 15.6. The van der Waals surface area contributed by atoms with Crippen molar-refractivity contribution in [2.75, 3.05) is 11.9 Å². The Bertz CT molecular complexity index is 449. The third-order valence-electron chi connectivity index (χ3n) is 3.28. The molecule has 2 N–H and O–H groups in total. The number of nitrogens with one attached hydrogen (secondary N) is 2. The van der Waals surface area contributed by atoms with Gasteiger partial charge in [-0.05, 0) is 25.0 Å². The van der Waals surface area contributed by atoms with Crippen LogP contribution in [0.2, 0.25) is 0 Å². The topological polar surface area (TPSA) is 50.4 Å². The van der Waals surface area contributed by atoms with E-state index in [2.05, 4.69) is 15.4 Å². The predicted octanol–water partition coefficient (Wildman–Crippen LogP) is 2.76. The van der Waals surface area contributed by atoms with Crippen molar-refractivity contribution in [3.8, 4) is 5.75 Å². The summed E-state index contributed by atoms with van der Waals surface area (Å²) >= 11 is 0. The number of ether oxygens (including phenoxy) is 1. The zero-order valence-corrected chi connectivity index (χ0v) is 11.1. The molecule has 1 fully saturated rings. The lowest BCUT2D eigenvalue weighted by molar-refractivity contribution is -0.115. The van der Waals surface area contributed by atoms with Gasteiger partial charge in [-0.15, -0.1) is 0 Å². The molecule has 6 heteroatoms. The van der Waals surface area contributed by atoms with Gasteiger partial charge in [-0.3, -0.25) is 4.79 Å². The number of para-hydroxylation sites is 2. The Balaban J connectivity index is 1.86. The standard InChI is InChI=1S/C14H18F2N2O2/c15-14(16)20-12-8-4-3-7-11(12)18-13(19)9-17-10-5-1-2-6-10/h3-4,7-8,10,14,17H,1-2,5-6,9H2,(H,18,19). The van der Waals surface area contributed by atoms with Crippen LogP contribution in [0, 0.1) is 0 Å². The second-order valence-corrected chi connectivity index (χ2v) is 4.79. The van der Waals surface area contributed by atoms with Gasteiger partial charge in [0, 0.05) is 6.04 Å². The molecule has 0 heterocycles. The number of halogens is 2. The Kier molecular flexibility index (Phi) is 5.29. The summed E-state index contributed by atoms with van der Waals surface area (Å²) in [5, 5.41) is 5.74. The van der Waals surface area contributed by atoms with Crippen molar-refractivity contribution in [3.05, 3.63) is 24.3 Å². The first-order valence-corrected chi connectivity index (χ1v) is 6.72. The van der Waals surface area contributed by atoms with Crippen LogP contribution in [0.15, 0.2) is 24.3 Å². The maximum Gasteiger partial charge on any atom is 0.387 e. The number of hydrogen-bond donors (Lipinski definition) is 2. The van der Waals surface area contributed by atoms with Crippen LogP contribution < -0.4 is 15.4 Å². The highest BCUT2D eigenvalue weighted by atomic mass is 19.3. The highest BCUT2D eigenvalue weighted by molar-refractivity contribution is 5.93. The molecule has 1 amide bonds. The first-order chi connectivity index (χ1) is 9.65. The average molecular weight is 284 g/mol. The second kappa shape index (κ2) is 7.19. The monoisotopic (exact) mass is 284 g/mol. The maximum absolute atomic E-state index is 12.2. The smallest absolute Gasteiger partial charge is 0.387 e. The highest BCUT2D eigenvalue weighted by Crippen LogP contribution is 2.25. The van der Waals surface area contributed by atoms with Gasteiger partial charge in [-0.2, -0.15) is 8.78 Å². The number of alkyl halides is 2. The van der Waals surface area contributed by atoms with Crippen molar-refractivity contribution < 1.29 is 18.3 Å². The summed E-state index contributed by atoms with van der Waals surface area (Å²) in [6.45, 7) is -2.74. The van der Waals surface area contributed by atoms with E-state index in [-0.39, 0.29) is 23.9 Å². The minimum absolute atomic E-state index is 0.0308. The molecule has 0 radical (unpaired) electrons. The van der Waals surface area contributed by atoms with Crippen molar-refractivity contribution in [1.29, 1.82) is 0 Å². The van der Waals surface area contributed by atoms with Gasteiger partial charge in [-0.1, -0.05) is 25.0 Å². The Hall–Kier alpha value is -1.69. The summed E-state index contributed by atoms with van der Waals surface area (Å²) in [5.74, 6) is -0.293. The predicted molar refractivity (Wildman–Crippen MR) is 72.0 cm³/mol. The van der Waals surface area contributed by atoms with E-state index in [1.54, 1.807) is 12.1 Å². The van der Waals surface area contributed by atoms with Gasteiger partial charge >= 0.3 is 6.61 Å². The molecule has 1 aliphatic rings. The van der Waals surface area contributed by atoms with E-state index in [1.165, 1.54) is 25.0 Å². The second-order valence-electron chi connectivity index (χ2n) is 4.79. The number of amides is 1. The molecule has 1 saturated carbocycles. The summed E-state index contributed by atoms with van der Waals surface area (Å²) in [6.07, 6.45) is 4.53. The van der Waals surface area contributed by atoms with E-state index >= 15 is 0 Å². The highest BCUT2D eigenvalue weighted by Gasteiger charge is 2.16. The third kappa shape index (κ3) is 4.45. The molecule has 0 aliphatic heterocycles. The van der Waals surface area contributed by atoms with Crippen LogP contribution in [-0.2, 0) is 4.79 Å². The van der Waals surface area contributed by atoms with E-state index in [9.17, 15) is 13.6 Å². The van der Waals surface area contributed by atoms with Crippen LogP contribution in [-0.4, -0.2) is 25.1 Å². The van der Waals surface area contributed by atoms with Crippen molar-refractivity contribution in [2.45, 2.75) is 38.3 Å². The Morgan fingerprint density at radius 3 is 2.70 bits per heavy atom. The number of anilines is 1. The Labute approximate surface area is 116 Å². The van der Waals surface area contributed by atoms with Gasteiger partial charge in [0.05, 0.1) is 12.2 Å². The van der Waals surface area contributed by atoms with E-state index < -0.39 is 6.61 Å². The minimum atomic E-state index is -2.91. The maximum atomic E-state index is 12.2. The van der Waals surface area contributed by atoms with Crippen molar-refractivity contribution >= 4 is 11.6 Å². The lowest BCUT2D eigenvalue weighted by atomic mass is 10.2. The van der Waals surface area contributed by atoms with Crippen LogP contribution in [0.1, 0.15) is 25.7 Å². The first-order valence-electron chi connectivity index (χ1n) is 6.72. The number of hydrogen-bond acceptors (Lipinski definition) is 3. The molecule has 4 nitrogen and oxygen atoms in total. The first kappa shape index (κ1) is 14.7. The lowest BCUT2D eigenvalue weighted by Gasteiger charge is -2.14. The molecule has 110 valence electrons. The molecule has 0 bridgehead atoms. The van der Waals surface area contributed by atoms with E-state index in [4.69, 9.17) is 0 Å². The third-order valence-corrected chi connectivity index (χ3v) is 3.28. The molecule has 1 aromatic rings. The van der Waals surface area contributed by atoms with Gasteiger partial charge in [0.25, 0.3) is 0 Å². The molecule has 1 aromatic carbocycles. The molecule has 0 atom stereocenters. The SMILES string of the molecule is O=C(CNC1CCCC1)Nc1ccccc1OC(F)F. The summed E-state index contributed by atoms with van der Waals surface area (Å²) < 4.78 is 28.8. The van der Waals surface area contributed by atoms with Crippen LogP contribution in [0.5, 0.6) is 5.75 Å². The van der Waals surface area contributed by atoms with Crippen molar-refractivity contribution in [1.82, 2.24) is 5.32 Å².